The fourth-order valence-electron chi connectivity index (χ4n) is 3.96. The molecule has 0 unspecified atom stereocenters. The van der Waals surface area contributed by atoms with E-state index in [9.17, 15) is 14.4 Å². The van der Waals surface area contributed by atoms with Crippen LogP contribution in [0.15, 0.2) is 78.9 Å². The first-order valence-corrected chi connectivity index (χ1v) is 11.6. The van der Waals surface area contributed by atoms with Crippen molar-refractivity contribution in [1.82, 2.24) is 4.90 Å². The monoisotopic (exact) mass is 503 g/mol. The van der Waals surface area contributed by atoms with E-state index in [-0.39, 0.29) is 18.2 Å². The molecule has 1 saturated heterocycles. The van der Waals surface area contributed by atoms with Crippen molar-refractivity contribution < 1.29 is 23.9 Å². The van der Waals surface area contributed by atoms with E-state index in [4.69, 9.17) is 21.7 Å². The Morgan fingerprint density at radius 3 is 2.22 bits per heavy atom. The van der Waals surface area contributed by atoms with Crippen molar-refractivity contribution in [2.75, 3.05) is 24.4 Å². The molecule has 1 atom stereocenters. The average molecular weight is 504 g/mol. The number of methoxy groups -OCH3 is 2. The number of nitrogens with one attached hydrogen (secondary N) is 1. The standard InChI is InChI=1S/C27H25N3O5S/c1-34-22-14-12-21(13-15-22)30-25(32)23(29(27(30)36)17-18-6-4-3-5-7-18)16-24(31)28-20-10-8-19(9-11-20)26(33)35-2/h3-15,23H,16-17H2,1-2H3,(H,28,31)/t23-/m1/s1. The van der Waals surface area contributed by atoms with Crippen molar-refractivity contribution in [3.63, 3.8) is 0 Å². The molecule has 0 spiro atoms. The van der Waals surface area contributed by atoms with Gasteiger partial charge in [0, 0.05) is 12.2 Å². The van der Waals surface area contributed by atoms with Crippen molar-refractivity contribution in [3.05, 3.63) is 90.0 Å². The van der Waals surface area contributed by atoms with Gasteiger partial charge < -0.3 is 19.7 Å². The molecule has 1 fully saturated rings. The van der Waals surface area contributed by atoms with Gasteiger partial charge in [0.1, 0.15) is 11.8 Å². The maximum Gasteiger partial charge on any atom is 0.337 e. The van der Waals surface area contributed by atoms with Gasteiger partial charge in [0.25, 0.3) is 5.91 Å². The summed E-state index contributed by atoms with van der Waals surface area (Å²) in [6.07, 6.45) is -0.1000. The lowest BCUT2D eigenvalue weighted by Gasteiger charge is -2.24. The number of benzene rings is 3. The van der Waals surface area contributed by atoms with E-state index in [0.29, 0.717) is 34.3 Å². The van der Waals surface area contributed by atoms with E-state index in [1.165, 1.54) is 12.0 Å². The molecule has 1 N–H and O–H groups in total. The highest BCUT2D eigenvalue weighted by Crippen LogP contribution is 2.30. The number of thiocarbonyl (C=S) groups is 1. The second kappa shape index (κ2) is 11.0. The van der Waals surface area contributed by atoms with Crippen LogP contribution >= 0.6 is 12.2 Å². The summed E-state index contributed by atoms with van der Waals surface area (Å²) in [5, 5.41) is 3.12. The molecule has 0 aromatic heterocycles. The van der Waals surface area contributed by atoms with Crippen LogP contribution in [0.3, 0.4) is 0 Å². The molecular weight excluding hydrogens is 478 g/mol. The Balaban J connectivity index is 1.55. The number of anilines is 2. The summed E-state index contributed by atoms with van der Waals surface area (Å²) in [5.74, 6) is -0.436. The van der Waals surface area contributed by atoms with Gasteiger partial charge in [0.15, 0.2) is 5.11 Å². The van der Waals surface area contributed by atoms with Crippen LogP contribution in [0.4, 0.5) is 11.4 Å². The van der Waals surface area contributed by atoms with Crippen LogP contribution in [0, 0.1) is 0 Å². The molecule has 184 valence electrons. The predicted molar refractivity (Wildman–Crippen MR) is 140 cm³/mol. The molecule has 1 heterocycles. The highest BCUT2D eigenvalue weighted by atomic mass is 32.1. The fourth-order valence-corrected chi connectivity index (χ4v) is 4.35. The van der Waals surface area contributed by atoms with Crippen molar-refractivity contribution >= 4 is 46.5 Å². The summed E-state index contributed by atoms with van der Waals surface area (Å²) in [7, 11) is 2.87. The van der Waals surface area contributed by atoms with Gasteiger partial charge in [-0.3, -0.25) is 14.5 Å². The van der Waals surface area contributed by atoms with Gasteiger partial charge in [-0.05, 0) is 66.3 Å². The molecule has 1 aliphatic rings. The number of carbonyl (C=O) groups excluding carboxylic acids is 3. The average Bonchev–Trinajstić information content (AvgIpc) is 3.13. The van der Waals surface area contributed by atoms with Gasteiger partial charge in [-0.25, -0.2) is 4.79 Å². The van der Waals surface area contributed by atoms with E-state index >= 15 is 0 Å². The zero-order valence-corrected chi connectivity index (χ0v) is 20.7. The minimum Gasteiger partial charge on any atom is -0.497 e. The van der Waals surface area contributed by atoms with Crippen LogP contribution in [-0.2, 0) is 20.9 Å². The molecular formula is C27H25N3O5S. The van der Waals surface area contributed by atoms with Gasteiger partial charge in [-0.2, -0.15) is 0 Å². The Bertz CT molecular complexity index is 1260. The second-order valence-corrected chi connectivity index (χ2v) is 8.47. The van der Waals surface area contributed by atoms with Crippen molar-refractivity contribution in [3.8, 4) is 5.75 Å². The van der Waals surface area contributed by atoms with E-state index in [2.05, 4.69) is 5.32 Å². The Morgan fingerprint density at radius 2 is 1.61 bits per heavy atom. The van der Waals surface area contributed by atoms with Gasteiger partial charge in [-0.15, -0.1) is 0 Å². The van der Waals surface area contributed by atoms with Gasteiger partial charge in [0.05, 0.1) is 31.9 Å². The summed E-state index contributed by atoms with van der Waals surface area (Å²) in [5.41, 5.74) is 2.44. The lowest BCUT2D eigenvalue weighted by molar-refractivity contribution is -0.124. The normalized spacial score (nSPS) is 15.1. The fraction of sp³-hybridized carbons (Fsp3) is 0.185. The zero-order valence-electron chi connectivity index (χ0n) is 19.8. The topological polar surface area (TPSA) is 88.2 Å². The van der Waals surface area contributed by atoms with Crippen LogP contribution in [0.2, 0.25) is 0 Å². The number of rotatable bonds is 8. The third kappa shape index (κ3) is 5.36. The molecule has 3 aromatic rings. The summed E-state index contributed by atoms with van der Waals surface area (Å²) in [6.45, 7) is 0.379. The summed E-state index contributed by atoms with van der Waals surface area (Å²) in [4.78, 5) is 41.4. The van der Waals surface area contributed by atoms with Crippen LogP contribution in [0.25, 0.3) is 0 Å². The van der Waals surface area contributed by atoms with Crippen molar-refractivity contribution in [2.24, 2.45) is 0 Å². The van der Waals surface area contributed by atoms with E-state index < -0.39 is 12.0 Å². The van der Waals surface area contributed by atoms with E-state index in [0.717, 1.165) is 5.56 Å². The third-order valence-corrected chi connectivity index (χ3v) is 6.23. The highest BCUT2D eigenvalue weighted by Gasteiger charge is 2.44. The number of hydrogen-bond donors (Lipinski definition) is 1. The Morgan fingerprint density at radius 1 is 0.944 bits per heavy atom. The molecule has 0 saturated carbocycles. The molecule has 4 rings (SSSR count). The Kier molecular flexibility index (Phi) is 7.60. The smallest absolute Gasteiger partial charge is 0.337 e. The zero-order chi connectivity index (χ0) is 25.7. The minimum atomic E-state index is -0.783. The maximum atomic E-state index is 13.5. The van der Waals surface area contributed by atoms with Gasteiger partial charge in [0.2, 0.25) is 5.91 Å². The van der Waals surface area contributed by atoms with Gasteiger partial charge >= 0.3 is 5.97 Å². The number of amides is 2. The molecule has 0 radical (unpaired) electrons. The first kappa shape index (κ1) is 24.9. The van der Waals surface area contributed by atoms with E-state index in [1.807, 2.05) is 30.3 Å². The molecule has 36 heavy (non-hydrogen) atoms. The van der Waals surface area contributed by atoms with E-state index in [1.54, 1.807) is 60.5 Å². The Hall–Kier alpha value is -4.24. The van der Waals surface area contributed by atoms with Crippen molar-refractivity contribution in [2.45, 2.75) is 19.0 Å². The molecule has 3 aromatic carbocycles. The van der Waals surface area contributed by atoms with Crippen LogP contribution < -0.4 is 15.0 Å². The van der Waals surface area contributed by atoms with Crippen LogP contribution in [-0.4, -0.2) is 48.1 Å². The third-order valence-electron chi connectivity index (χ3n) is 5.81. The lowest BCUT2D eigenvalue weighted by Crippen LogP contribution is -2.37. The van der Waals surface area contributed by atoms with Crippen molar-refractivity contribution in [1.29, 1.82) is 0 Å². The van der Waals surface area contributed by atoms with Crippen LogP contribution in [0.1, 0.15) is 22.3 Å². The number of ether oxygens (including phenoxy) is 2. The molecule has 0 bridgehead atoms. The second-order valence-electron chi connectivity index (χ2n) is 8.10. The first-order valence-electron chi connectivity index (χ1n) is 11.2. The molecule has 8 nitrogen and oxygen atoms in total. The summed E-state index contributed by atoms with van der Waals surface area (Å²) in [6, 6.07) is 22.2. The largest absolute Gasteiger partial charge is 0.497 e. The highest BCUT2D eigenvalue weighted by molar-refractivity contribution is 7.80. The summed E-state index contributed by atoms with van der Waals surface area (Å²) < 4.78 is 9.91. The quantitative estimate of drug-likeness (QED) is 0.367. The number of esters is 1. The number of hydrogen-bond acceptors (Lipinski definition) is 6. The molecule has 2 amide bonds. The minimum absolute atomic E-state index is 0.1000. The SMILES string of the molecule is COC(=O)c1ccc(NC(=O)C[C@@H]2C(=O)N(c3ccc(OC)cc3)C(=S)N2Cc2ccccc2)cc1. The number of nitrogens with zero attached hydrogens (tertiary/aromatic N) is 2. The predicted octanol–water partition coefficient (Wildman–Crippen LogP) is 4.01. The summed E-state index contributed by atoms with van der Waals surface area (Å²) >= 11 is 5.72. The van der Waals surface area contributed by atoms with Gasteiger partial charge in [-0.1, -0.05) is 30.3 Å². The molecule has 1 aliphatic heterocycles. The van der Waals surface area contributed by atoms with Crippen LogP contribution in [0.5, 0.6) is 5.75 Å². The maximum absolute atomic E-state index is 13.5. The first-order chi connectivity index (χ1) is 17.4. The Labute approximate surface area is 214 Å². The molecule has 0 aliphatic carbocycles. The molecule has 9 heteroatoms. The number of carbonyl (C=O) groups is 3. The lowest BCUT2D eigenvalue weighted by atomic mass is 10.1.